The molecule has 1 heterocycles. The van der Waals surface area contributed by atoms with Gasteiger partial charge < -0.3 is 9.15 Å². The van der Waals surface area contributed by atoms with E-state index in [9.17, 15) is 23.3 Å². The minimum absolute atomic E-state index is 0.0292. The molecule has 3 rings (SSSR count). The van der Waals surface area contributed by atoms with E-state index in [0.29, 0.717) is 5.56 Å². The lowest BCUT2D eigenvalue weighted by atomic mass is 10.2. The number of nitrogens with one attached hydrogen (secondary N) is 1. The monoisotopic (exact) mass is 432 g/mol. The molecule has 0 fully saturated rings. The number of ether oxygens (including phenoxy) is 1. The normalized spacial score (nSPS) is 11.2. The number of benzene rings is 2. The van der Waals surface area contributed by atoms with Crippen LogP contribution in [0.5, 0.6) is 0 Å². The number of nitro groups is 1. The van der Waals surface area contributed by atoms with Crippen LogP contribution in [-0.2, 0) is 26.2 Å². The van der Waals surface area contributed by atoms with Crippen LogP contribution in [0.4, 0.5) is 5.69 Å². The lowest BCUT2D eigenvalue weighted by Crippen LogP contribution is -2.26. The summed E-state index contributed by atoms with van der Waals surface area (Å²) in [5.74, 6) is -0.506. The van der Waals surface area contributed by atoms with Crippen LogP contribution >= 0.6 is 0 Å². The van der Waals surface area contributed by atoms with E-state index in [2.05, 4.69) is 14.9 Å². The Morgan fingerprint density at radius 3 is 2.47 bits per heavy atom. The second-order valence-corrected chi connectivity index (χ2v) is 7.69. The number of nitrogens with zero attached hydrogens (tertiary/aromatic N) is 3. The van der Waals surface area contributed by atoms with Gasteiger partial charge in [0.15, 0.2) is 6.61 Å². The quantitative estimate of drug-likeness (QED) is 0.304. The summed E-state index contributed by atoms with van der Waals surface area (Å²) < 4.78 is 36.8. The van der Waals surface area contributed by atoms with Crippen molar-refractivity contribution in [1.29, 1.82) is 0 Å². The Morgan fingerprint density at radius 1 is 1.10 bits per heavy atom. The van der Waals surface area contributed by atoms with Crippen molar-refractivity contribution in [3.8, 4) is 11.5 Å². The molecule has 156 valence electrons. The van der Waals surface area contributed by atoms with E-state index in [1.807, 2.05) is 0 Å². The van der Waals surface area contributed by atoms with Gasteiger partial charge in [-0.05, 0) is 24.3 Å². The molecule has 0 radical (unpaired) electrons. The molecule has 0 aliphatic heterocycles. The summed E-state index contributed by atoms with van der Waals surface area (Å²) in [7, 11) is -3.70. The summed E-state index contributed by atoms with van der Waals surface area (Å²) in [5, 5.41) is 18.2. The Labute approximate surface area is 170 Å². The second kappa shape index (κ2) is 9.24. The number of rotatable bonds is 9. The Morgan fingerprint density at radius 2 is 1.80 bits per heavy atom. The minimum atomic E-state index is -3.70. The third kappa shape index (κ3) is 5.46. The van der Waals surface area contributed by atoms with Gasteiger partial charge in [-0.1, -0.05) is 18.2 Å². The van der Waals surface area contributed by atoms with Crippen molar-refractivity contribution in [2.24, 2.45) is 0 Å². The number of sulfonamides is 1. The standard InChI is InChI=1S/C18H16N4O7S/c23-17(10-11-19-30(26,27)15-4-2-1-3-5-15)28-12-16-20-21-18(29-16)13-6-8-14(9-7-13)22(24)25/h1-9,19H,10-12H2. The van der Waals surface area contributed by atoms with Gasteiger partial charge in [-0.15, -0.1) is 10.2 Å². The van der Waals surface area contributed by atoms with Crippen molar-refractivity contribution in [3.05, 3.63) is 70.6 Å². The largest absolute Gasteiger partial charge is 0.456 e. The van der Waals surface area contributed by atoms with E-state index < -0.39 is 20.9 Å². The number of nitro benzene ring substituents is 1. The van der Waals surface area contributed by atoms with E-state index in [1.165, 1.54) is 36.4 Å². The van der Waals surface area contributed by atoms with Crippen LogP contribution in [0.1, 0.15) is 12.3 Å². The zero-order chi connectivity index (χ0) is 21.6. The number of hydrogen-bond donors (Lipinski definition) is 1. The number of aromatic nitrogens is 2. The molecule has 0 spiro atoms. The summed E-state index contributed by atoms with van der Waals surface area (Å²) in [6, 6.07) is 13.3. The van der Waals surface area contributed by atoms with Gasteiger partial charge in [-0.3, -0.25) is 14.9 Å². The lowest BCUT2D eigenvalue weighted by molar-refractivity contribution is -0.384. The predicted molar refractivity (Wildman–Crippen MR) is 102 cm³/mol. The summed E-state index contributed by atoms with van der Waals surface area (Å²) in [4.78, 5) is 22.1. The first-order valence-electron chi connectivity index (χ1n) is 8.63. The van der Waals surface area contributed by atoms with Crippen LogP contribution in [-0.4, -0.2) is 36.1 Å². The van der Waals surface area contributed by atoms with Gasteiger partial charge in [0.2, 0.25) is 15.9 Å². The molecule has 0 amide bonds. The van der Waals surface area contributed by atoms with E-state index in [0.717, 1.165) is 0 Å². The maximum absolute atomic E-state index is 12.1. The van der Waals surface area contributed by atoms with Crippen LogP contribution in [0.15, 0.2) is 63.9 Å². The van der Waals surface area contributed by atoms with Crippen LogP contribution in [0.3, 0.4) is 0 Å². The van der Waals surface area contributed by atoms with Crippen molar-refractivity contribution in [1.82, 2.24) is 14.9 Å². The zero-order valence-electron chi connectivity index (χ0n) is 15.4. The molecule has 3 aromatic rings. The third-order valence-corrected chi connectivity index (χ3v) is 5.30. The van der Waals surface area contributed by atoms with Crippen LogP contribution in [0.2, 0.25) is 0 Å². The molecule has 0 aliphatic rings. The van der Waals surface area contributed by atoms with Crippen molar-refractivity contribution in [2.45, 2.75) is 17.9 Å². The average molecular weight is 432 g/mol. The Bertz CT molecular complexity index is 1130. The first kappa shape index (κ1) is 21.1. The smallest absolute Gasteiger partial charge is 0.307 e. The van der Waals surface area contributed by atoms with Crippen molar-refractivity contribution < 1.29 is 27.3 Å². The summed E-state index contributed by atoms with van der Waals surface area (Å²) in [6.07, 6.45) is -0.185. The minimum Gasteiger partial charge on any atom is -0.456 e. The van der Waals surface area contributed by atoms with Crippen LogP contribution < -0.4 is 4.72 Å². The van der Waals surface area contributed by atoms with Gasteiger partial charge in [0.05, 0.1) is 16.2 Å². The van der Waals surface area contributed by atoms with Gasteiger partial charge in [0.1, 0.15) is 0 Å². The van der Waals surface area contributed by atoms with Gasteiger partial charge in [-0.2, -0.15) is 0 Å². The van der Waals surface area contributed by atoms with E-state index in [1.54, 1.807) is 18.2 Å². The zero-order valence-corrected chi connectivity index (χ0v) is 16.2. The Balaban J connectivity index is 1.47. The van der Waals surface area contributed by atoms with Crippen LogP contribution in [0, 0.1) is 10.1 Å². The van der Waals surface area contributed by atoms with Crippen molar-refractivity contribution in [2.75, 3.05) is 6.54 Å². The summed E-state index contributed by atoms with van der Waals surface area (Å²) >= 11 is 0. The van der Waals surface area contributed by atoms with E-state index in [4.69, 9.17) is 9.15 Å². The third-order valence-electron chi connectivity index (χ3n) is 3.82. The molecule has 0 aliphatic carbocycles. The molecule has 1 aromatic heterocycles. The van der Waals surface area contributed by atoms with Crippen LogP contribution in [0.25, 0.3) is 11.5 Å². The number of non-ortho nitro benzene ring substituents is 1. The first-order valence-corrected chi connectivity index (χ1v) is 10.1. The fourth-order valence-electron chi connectivity index (χ4n) is 2.34. The fraction of sp³-hybridized carbons (Fsp3) is 0.167. The van der Waals surface area contributed by atoms with Gasteiger partial charge in [0.25, 0.3) is 11.6 Å². The molecule has 30 heavy (non-hydrogen) atoms. The molecule has 12 heteroatoms. The molecular weight excluding hydrogens is 416 g/mol. The van der Waals surface area contributed by atoms with Gasteiger partial charge in [0, 0.05) is 24.2 Å². The highest BCUT2D eigenvalue weighted by Gasteiger charge is 2.15. The molecule has 0 saturated carbocycles. The van der Waals surface area contributed by atoms with Crippen molar-refractivity contribution in [3.63, 3.8) is 0 Å². The fourth-order valence-corrected chi connectivity index (χ4v) is 3.39. The topological polar surface area (TPSA) is 155 Å². The molecule has 0 atom stereocenters. The maximum Gasteiger partial charge on any atom is 0.307 e. The second-order valence-electron chi connectivity index (χ2n) is 5.93. The first-order chi connectivity index (χ1) is 14.3. The Kier molecular flexibility index (Phi) is 6.49. The summed E-state index contributed by atoms with van der Waals surface area (Å²) in [6.45, 7) is -0.418. The van der Waals surface area contributed by atoms with E-state index in [-0.39, 0.29) is 41.9 Å². The highest BCUT2D eigenvalue weighted by molar-refractivity contribution is 7.89. The average Bonchev–Trinajstić information content (AvgIpc) is 3.22. The molecule has 1 N–H and O–H groups in total. The van der Waals surface area contributed by atoms with Gasteiger partial charge >= 0.3 is 5.97 Å². The highest BCUT2D eigenvalue weighted by Crippen LogP contribution is 2.21. The van der Waals surface area contributed by atoms with Gasteiger partial charge in [-0.25, -0.2) is 13.1 Å². The molecule has 11 nitrogen and oxygen atoms in total. The molecule has 2 aromatic carbocycles. The SMILES string of the molecule is O=C(CCNS(=O)(=O)c1ccccc1)OCc1nnc(-c2ccc([N+](=O)[O-])cc2)o1. The molecule has 0 bridgehead atoms. The number of carbonyl (C=O) groups excluding carboxylic acids is 1. The predicted octanol–water partition coefficient (Wildman–Crippen LogP) is 2.06. The number of carbonyl (C=O) groups is 1. The number of hydrogen-bond acceptors (Lipinski definition) is 9. The number of esters is 1. The maximum atomic E-state index is 12.1. The van der Waals surface area contributed by atoms with E-state index >= 15 is 0 Å². The van der Waals surface area contributed by atoms with Crippen molar-refractivity contribution >= 4 is 21.7 Å². The lowest BCUT2D eigenvalue weighted by Gasteiger charge is -2.06. The molecular formula is C18H16N4O7S. The highest BCUT2D eigenvalue weighted by atomic mass is 32.2. The molecule has 0 unspecified atom stereocenters. The molecule has 0 saturated heterocycles. The Hall–Kier alpha value is -3.64. The summed E-state index contributed by atoms with van der Waals surface area (Å²) in [5.41, 5.74) is 0.399.